The number of amides is 1. The van der Waals surface area contributed by atoms with E-state index < -0.39 is 15.9 Å². The molecule has 0 aromatic heterocycles. The summed E-state index contributed by atoms with van der Waals surface area (Å²) in [5.41, 5.74) is 0.865. The van der Waals surface area contributed by atoms with Crippen molar-refractivity contribution in [3.63, 3.8) is 0 Å². The fourth-order valence-corrected chi connectivity index (χ4v) is 3.52. The van der Waals surface area contributed by atoms with Crippen LogP contribution in [0.3, 0.4) is 0 Å². The lowest BCUT2D eigenvalue weighted by molar-refractivity contribution is -0.122. The van der Waals surface area contributed by atoms with E-state index in [1.54, 1.807) is 24.3 Å². The first-order chi connectivity index (χ1) is 15.0. The molecule has 1 amide bonds. The quantitative estimate of drug-likeness (QED) is 0.478. The van der Waals surface area contributed by atoms with Gasteiger partial charge in [-0.3, -0.25) is 4.79 Å². The van der Waals surface area contributed by atoms with Crippen LogP contribution in [-0.4, -0.2) is 33.2 Å². The zero-order valence-corrected chi connectivity index (χ0v) is 17.7. The predicted molar refractivity (Wildman–Crippen MR) is 119 cm³/mol. The van der Waals surface area contributed by atoms with E-state index in [1.807, 2.05) is 60.7 Å². The van der Waals surface area contributed by atoms with E-state index in [-0.39, 0.29) is 25.4 Å². The molecular formula is C23H24N2O5S. The zero-order chi connectivity index (χ0) is 21.9. The molecule has 162 valence electrons. The maximum atomic E-state index is 12.0. The van der Waals surface area contributed by atoms with Crippen LogP contribution in [0, 0.1) is 0 Å². The minimum atomic E-state index is -3.49. The standard InChI is InChI=1S/C23H24N2O5S/c26-23(24-15-16-31(27,28)25-17-19-7-3-1-4-8-19)18-29-20-11-13-22(14-12-20)30-21-9-5-2-6-10-21/h1-14,25H,15-18H2,(H,24,26). The smallest absolute Gasteiger partial charge is 0.257 e. The maximum Gasteiger partial charge on any atom is 0.257 e. The van der Waals surface area contributed by atoms with Gasteiger partial charge in [0.15, 0.2) is 6.61 Å². The van der Waals surface area contributed by atoms with E-state index in [0.717, 1.165) is 11.3 Å². The van der Waals surface area contributed by atoms with E-state index in [4.69, 9.17) is 9.47 Å². The van der Waals surface area contributed by atoms with Crippen molar-refractivity contribution in [3.05, 3.63) is 90.5 Å². The monoisotopic (exact) mass is 440 g/mol. The highest BCUT2D eigenvalue weighted by Gasteiger charge is 2.11. The Bertz CT molecular complexity index is 1060. The Morgan fingerprint density at radius 1 is 0.774 bits per heavy atom. The molecular weight excluding hydrogens is 416 g/mol. The van der Waals surface area contributed by atoms with Crippen LogP contribution in [0.4, 0.5) is 0 Å². The van der Waals surface area contributed by atoms with E-state index >= 15 is 0 Å². The molecule has 31 heavy (non-hydrogen) atoms. The minimum Gasteiger partial charge on any atom is -0.484 e. The second-order valence-corrected chi connectivity index (χ2v) is 8.58. The number of ether oxygens (including phenoxy) is 2. The largest absolute Gasteiger partial charge is 0.484 e. The second kappa shape index (κ2) is 11.1. The van der Waals surface area contributed by atoms with Gasteiger partial charge in [-0.25, -0.2) is 13.1 Å². The Labute approximate surface area is 182 Å². The van der Waals surface area contributed by atoms with E-state index in [9.17, 15) is 13.2 Å². The third-order valence-corrected chi connectivity index (χ3v) is 5.53. The number of nitrogens with one attached hydrogen (secondary N) is 2. The lowest BCUT2D eigenvalue weighted by Crippen LogP contribution is -2.36. The molecule has 0 heterocycles. The van der Waals surface area contributed by atoms with Crippen LogP contribution in [0.1, 0.15) is 5.56 Å². The summed E-state index contributed by atoms with van der Waals surface area (Å²) in [6.07, 6.45) is 0. The average molecular weight is 441 g/mol. The van der Waals surface area contributed by atoms with Crippen molar-refractivity contribution in [3.8, 4) is 17.2 Å². The van der Waals surface area contributed by atoms with Gasteiger partial charge >= 0.3 is 0 Å². The Morgan fingerprint density at radius 3 is 2.03 bits per heavy atom. The van der Waals surface area contributed by atoms with Crippen LogP contribution in [0.5, 0.6) is 17.2 Å². The molecule has 0 atom stereocenters. The molecule has 3 aromatic rings. The third kappa shape index (κ3) is 8.12. The van der Waals surface area contributed by atoms with E-state index in [1.165, 1.54) is 0 Å². The molecule has 0 unspecified atom stereocenters. The lowest BCUT2D eigenvalue weighted by atomic mass is 10.2. The van der Waals surface area contributed by atoms with Crippen molar-refractivity contribution in [2.45, 2.75) is 6.54 Å². The fraction of sp³-hybridized carbons (Fsp3) is 0.174. The number of carbonyl (C=O) groups excluding carboxylic acids is 1. The first-order valence-electron chi connectivity index (χ1n) is 9.74. The van der Waals surface area contributed by atoms with Crippen LogP contribution < -0.4 is 19.5 Å². The predicted octanol–water partition coefficient (Wildman–Crippen LogP) is 3.09. The number of rotatable bonds is 11. The number of benzene rings is 3. The van der Waals surface area contributed by atoms with Crippen LogP contribution in [-0.2, 0) is 21.4 Å². The SMILES string of the molecule is O=C(COc1ccc(Oc2ccccc2)cc1)NCCS(=O)(=O)NCc1ccccc1. The minimum absolute atomic E-state index is 0.00380. The van der Waals surface area contributed by atoms with Crippen LogP contribution >= 0.6 is 0 Å². The molecule has 3 rings (SSSR count). The van der Waals surface area contributed by atoms with Gasteiger partial charge in [-0.15, -0.1) is 0 Å². The van der Waals surface area contributed by atoms with Crippen molar-refractivity contribution < 1.29 is 22.7 Å². The summed E-state index contributed by atoms with van der Waals surface area (Å²) in [5.74, 6) is 1.27. The van der Waals surface area contributed by atoms with Gasteiger partial charge in [-0.2, -0.15) is 0 Å². The van der Waals surface area contributed by atoms with Gasteiger partial charge in [0.05, 0.1) is 5.75 Å². The zero-order valence-electron chi connectivity index (χ0n) is 16.9. The molecule has 0 saturated carbocycles. The molecule has 0 bridgehead atoms. The van der Waals surface area contributed by atoms with Crippen molar-refractivity contribution in [1.82, 2.24) is 10.0 Å². The van der Waals surface area contributed by atoms with Gasteiger partial charge in [-0.05, 0) is 42.0 Å². The topological polar surface area (TPSA) is 93.7 Å². The van der Waals surface area contributed by atoms with Crippen molar-refractivity contribution in [2.24, 2.45) is 0 Å². The van der Waals surface area contributed by atoms with Crippen LogP contribution in [0.15, 0.2) is 84.9 Å². The van der Waals surface area contributed by atoms with Gasteiger partial charge in [0, 0.05) is 13.1 Å². The first kappa shape index (κ1) is 22.3. The van der Waals surface area contributed by atoms with Gasteiger partial charge < -0.3 is 14.8 Å². The fourth-order valence-electron chi connectivity index (χ4n) is 2.61. The Kier molecular flexibility index (Phi) is 8.03. The van der Waals surface area contributed by atoms with Crippen LogP contribution in [0.2, 0.25) is 0 Å². The molecule has 0 fully saturated rings. The maximum absolute atomic E-state index is 12.0. The summed E-state index contributed by atoms with van der Waals surface area (Å²) < 4.78 is 37.7. The molecule has 0 aliphatic carbocycles. The first-order valence-corrected chi connectivity index (χ1v) is 11.4. The van der Waals surface area contributed by atoms with Crippen molar-refractivity contribution >= 4 is 15.9 Å². The number of sulfonamides is 1. The van der Waals surface area contributed by atoms with Gasteiger partial charge in [0.2, 0.25) is 10.0 Å². The molecule has 0 aliphatic heterocycles. The van der Waals surface area contributed by atoms with Crippen molar-refractivity contribution in [1.29, 1.82) is 0 Å². The van der Waals surface area contributed by atoms with Crippen LogP contribution in [0.25, 0.3) is 0 Å². The summed E-state index contributed by atoms with van der Waals surface area (Å²) in [5, 5.41) is 2.54. The normalized spacial score (nSPS) is 11.0. The van der Waals surface area contributed by atoms with E-state index in [2.05, 4.69) is 10.0 Å². The van der Waals surface area contributed by atoms with E-state index in [0.29, 0.717) is 11.5 Å². The molecule has 0 radical (unpaired) electrons. The molecule has 3 aromatic carbocycles. The molecule has 0 spiro atoms. The molecule has 2 N–H and O–H groups in total. The summed E-state index contributed by atoms with van der Waals surface area (Å²) in [7, 11) is -3.49. The summed E-state index contributed by atoms with van der Waals surface area (Å²) in [4.78, 5) is 11.9. The number of carbonyl (C=O) groups is 1. The summed E-state index contributed by atoms with van der Waals surface area (Å²) >= 11 is 0. The van der Waals surface area contributed by atoms with Gasteiger partial charge in [0.25, 0.3) is 5.91 Å². The number of hydrogen-bond acceptors (Lipinski definition) is 5. The second-order valence-electron chi connectivity index (χ2n) is 6.65. The molecule has 7 nitrogen and oxygen atoms in total. The highest BCUT2D eigenvalue weighted by molar-refractivity contribution is 7.89. The van der Waals surface area contributed by atoms with Crippen molar-refractivity contribution in [2.75, 3.05) is 18.9 Å². The number of para-hydroxylation sites is 1. The Hall–Kier alpha value is -3.36. The Balaban J connectivity index is 1.35. The average Bonchev–Trinajstić information content (AvgIpc) is 2.79. The van der Waals surface area contributed by atoms with Gasteiger partial charge in [0.1, 0.15) is 17.2 Å². The molecule has 0 saturated heterocycles. The van der Waals surface area contributed by atoms with Gasteiger partial charge in [-0.1, -0.05) is 48.5 Å². The third-order valence-electron chi connectivity index (χ3n) is 4.20. The number of hydrogen-bond donors (Lipinski definition) is 2. The lowest BCUT2D eigenvalue weighted by Gasteiger charge is -2.10. The highest BCUT2D eigenvalue weighted by Crippen LogP contribution is 2.23. The highest BCUT2D eigenvalue weighted by atomic mass is 32.2. The molecule has 8 heteroatoms. The molecule has 0 aliphatic rings. The Morgan fingerprint density at radius 2 is 1.35 bits per heavy atom. The summed E-state index contributed by atoms with van der Waals surface area (Å²) in [6, 6.07) is 25.5. The summed E-state index contributed by atoms with van der Waals surface area (Å²) in [6.45, 7) is -0.00321.